The van der Waals surface area contributed by atoms with E-state index < -0.39 is 10.0 Å². The largest absolute Gasteiger partial charge is 0.336 e. The van der Waals surface area contributed by atoms with Crippen molar-refractivity contribution in [2.75, 3.05) is 32.7 Å². The lowest BCUT2D eigenvalue weighted by Gasteiger charge is -2.34. The Balaban J connectivity index is 1.55. The molecule has 0 unspecified atom stereocenters. The number of benzene rings is 2. The maximum atomic E-state index is 12.8. The molecular formula is C22H24N4O3S. The first-order valence-corrected chi connectivity index (χ1v) is 11.1. The van der Waals surface area contributed by atoms with Crippen LogP contribution in [0.15, 0.2) is 66.1 Å². The number of nitriles is 1. The molecule has 156 valence electrons. The van der Waals surface area contributed by atoms with Crippen LogP contribution in [0.3, 0.4) is 0 Å². The topological polar surface area (TPSA) is 93.5 Å². The molecule has 2 aromatic rings. The van der Waals surface area contributed by atoms with Crippen molar-refractivity contribution < 1.29 is 13.2 Å². The van der Waals surface area contributed by atoms with Gasteiger partial charge in [0, 0.05) is 44.8 Å². The predicted molar refractivity (Wildman–Crippen MR) is 114 cm³/mol. The van der Waals surface area contributed by atoms with Gasteiger partial charge in [-0.15, -0.1) is 6.58 Å². The molecule has 0 radical (unpaired) electrons. The van der Waals surface area contributed by atoms with Crippen LogP contribution in [0.2, 0.25) is 0 Å². The summed E-state index contributed by atoms with van der Waals surface area (Å²) in [6.45, 7) is 7.14. The van der Waals surface area contributed by atoms with E-state index in [9.17, 15) is 13.2 Å². The molecule has 3 rings (SSSR count). The van der Waals surface area contributed by atoms with Gasteiger partial charge in [0.15, 0.2) is 0 Å². The summed E-state index contributed by atoms with van der Waals surface area (Å²) in [5.74, 6) is -0.101. The monoisotopic (exact) mass is 424 g/mol. The Bertz CT molecular complexity index is 1030. The lowest BCUT2D eigenvalue weighted by atomic mass is 10.1. The second-order valence-electron chi connectivity index (χ2n) is 7.04. The highest BCUT2D eigenvalue weighted by Crippen LogP contribution is 2.15. The zero-order valence-electron chi connectivity index (χ0n) is 16.6. The van der Waals surface area contributed by atoms with Crippen LogP contribution < -0.4 is 4.72 Å². The molecule has 1 fully saturated rings. The van der Waals surface area contributed by atoms with Crippen LogP contribution in [-0.2, 0) is 16.6 Å². The number of rotatable bonds is 7. The normalized spacial score (nSPS) is 14.8. The number of sulfonamides is 1. The molecule has 1 aliphatic heterocycles. The average molecular weight is 425 g/mol. The molecule has 1 saturated heterocycles. The Labute approximate surface area is 177 Å². The van der Waals surface area contributed by atoms with Crippen LogP contribution in [-0.4, -0.2) is 56.8 Å². The summed E-state index contributed by atoms with van der Waals surface area (Å²) in [6, 6.07) is 15.6. The lowest BCUT2D eigenvalue weighted by Crippen LogP contribution is -2.48. The average Bonchev–Trinajstić information content (AvgIpc) is 2.78. The molecule has 1 aliphatic rings. The summed E-state index contributed by atoms with van der Waals surface area (Å²) in [5, 5.41) is 8.88. The summed E-state index contributed by atoms with van der Waals surface area (Å²) < 4.78 is 26.6. The summed E-state index contributed by atoms with van der Waals surface area (Å²) in [6.07, 6.45) is 1.47. The number of nitrogens with one attached hydrogen (secondary N) is 1. The minimum absolute atomic E-state index is 0.101. The minimum atomic E-state index is -3.60. The second kappa shape index (κ2) is 9.67. The van der Waals surface area contributed by atoms with Gasteiger partial charge in [0.25, 0.3) is 5.91 Å². The molecule has 2 aromatic carbocycles. The SMILES string of the molecule is C=CCNS(=O)(=O)c1ccc(C(=O)N2CCN(Cc3ccc(C#N)cc3)CC2)cc1. The minimum Gasteiger partial charge on any atom is -0.336 e. The maximum absolute atomic E-state index is 12.8. The van der Waals surface area contributed by atoms with Crippen LogP contribution in [0.1, 0.15) is 21.5 Å². The summed E-state index contributed by atoms with van der Waals surface area (Å²) in [7, 11) is -3.60. The third kappa shape index (κ3) is 5.33. The van der Waals surface area contributed by atoms with Gasteiger partial charge < -0.3 is 4.90 Å². The van der Waals surface area contributed by atoms with Gasteiger partial charge in [-0.25, -0.2) is 13.1 Å². The zero-order chi connectivity index (χ0) is 21.6. The number of hydrogen-bond acceptors (Lipinski definition) is 5. The molecule has 1 N–H and O–H groups in total. The van der Waals surface area contributed by atoms with Crippen molar-refractivity contribution >= 4 is 15.9 Å². The Morgan fingerprint density at radius 1 is 1.07 bits per heavy atom. The number of carbonyl (C=O) groups excluding carboxylic acids is 1. The lowest BCUT2D eigenvalue weighted by molar-refractivity contribution is 0.0628. The Hall–Kier alpha value is -2.99. The van der Waals surface area contributed by atoms with Gasteiger partial charge in [0.2, 0.25) is 10.0 Å². The molecule has 8 heteroatoms. The first-order chi connectivity index (χ1) is 14.4. The fourth-order valence-electron chi connectivity index (χ4n) is 3.26. The highest BCUT2D eigenvalue weighted by Gasteiger charge is 2.23. The zero-order valence-corrected chi connectivity index (χ0v) is 17.4. The van der Waals surface area contributed by atoms with Gasteiger partial charge >= 0.3 is 0 Å². The van der Waals surface area contributed by atoms with Gasteiger partial charge in [-0.05, 0) is 42.0 Å². The van der Waals surface area contributed by atoms with E-state index in [1.54, 1.807) is 17.0 Å². The molecule has 0 aromatic heterocycles. The van der Waals surface area contributed by atoms with E-state index in [2.05, 4.69) is 22.3 Å². The fraction of sp³-hybridized carbons (Fsp3) is 0.273. The molecule has 0 bridgehead atoms. The first-order valence-electron chi connectivity index (χ1n) is 9.64. The van der Waals surface area contributed by atoms with Crippen molar-refractivity contribution in [3.63, 3.8) is 0 Å². The highest BCUT2D eigenvalue weighted by atomic mass is 32.2. The van der Waals surface area contributed by atoms with Crippen LogP contribution in [0.25, 0.3) is 0 Å². The van der Waals surface area contributed by atoms with Crippen molar-refractivity contribution in [3.8, 4) is 6.07 Å². The van der Waals surface area contributed by atoms with E-state index in [1.165, 1.54) is 18.2 Å². The number of amides is 1. The van der Waals surface area contributed by atoms with Gasteiger partial charge in [0.05, 0.1) is 16.5 Å². The van der Waals surface area contributed by atoms with Crippen LogP contribution in [0.4, 0.5) is 0 Å². The number of carbonyl (C=O) groups is 1. The van der Waals surface area contributed by atoms with E-state index in [-0.39, 0.29) is 17.3 Å². The smallest absolute Gasteiger partial charge is 0.253 e. The number of piperazine rings is 1. The van der Waals surface area contributed by atoms with E-state index in [4.69, 9.17) is 5.26 Å². The molecule has 7 nitrogen and oxygen atoms in total. The van der Waals surface area contributed by atoms with Gasteiger partial charge in [0.1, 0.15) is 0 Å². The number of nitrogens with zero attached hydrogens (tertiary/aromatic N) is 3. The van der Waals surface area contributed by atoms with Crippen LogP contribution in [0, 0.1) is 11.3 Å². The predicted octanol–water partition coefficient (Wildman–Crippen LogP) is 1.98. The van der Waals surface area contributed by atoms with E-state index in [0.717, 1.165) is 25.2 Å². The number of hydrogen-bond donors (Lipinski definition) is 1. The molecule has 1 heterocycles. The Morgan fingerprint density at radius 2 is 1.70 bits per heavy atom. The van der Waals surface area contributed by atoms with Gasteiger partial charge in [-0.1, -0.05) is 18.2 Å². The Kier molecular flexibility index (Phi) is 7.00. The molecule has 0 spiro atoms. The highest BCUT2D eigenvalue weighted by molar-refractivity contribution is 7.89. The quantitative estimate of drug-likeness (QED) is 0.686. The summed E-state index contributed by atoms with van der Waals surface area (Å²) in [5.41, 5.74) is 2.25. The molecule has 30 heavy (non-hydrogen) atoms. The van der Waals surface area contributed by atoms with Crippen molar-refractivity contribution in [2.45, 2.75) is 11.4 Å². The van der Waals surface area contributed by atoms with E-state index in [0.29, 0.717) is 24.2 Å². The second-order valence-corrected chi connectivity index (χ2v) is 8.81. The molecule has 0 aliphatic carbocycles. The van der Waals surface area contributed by atoms with Gasteiger partial charge in [-0.3, -0.25) is 9.69 Å². The van der Waals surface area contributed by atoms with Crippen LogP contribution in [0.5, 0.6) is 0 Å². The summed E-state index contributed by atoms with van der Waals surface area (Å²) in [4.78, 5) is 16.9. The molecular weight excluding hydrogens is 400 g/mol. The Morgan fingerprint density at radius 3 is 2.27 bits per heavy atom. The molecule has 0 saturated carbocycles. The third-order valence-electron chi connectivity index (χ3n) is 4.98. The standard InChI is InChI=1S/C22H24N4O3S/c1-2-11-24-30(28,29)21-9-7-20(8-10-21)22(27)26-14-12-25(13-15-26)17-19-5-3-18(16-23)4-6-19/h2-10,24H,1,11-15,17H2. The van der Waals surface area contributed by atoms with E-state index in [1.807, 2.05) is 24.3 Å². The van der Waals surface area contributed by atoms with E-state index >= 15 is 0 Å². The molecule has 0 atom stereocenters. The molecule has 1 amide bonds. The summed E-state index contributed by atoms with van der Waals surface area (Å²) >= 11 is 0. The van der Waals surface area contributed by atoms with Crippen molar-refractivity contribution in [3.05, 3.63) is 77.9 Å². The van der Waals surface area contributed by atoms with Gasteiger partial charge in [-0.2, -0.15) is 5.26 Å². The van der Waals surface area contributed by atoms with Crippen molar-refractivity contribution in [1.29, 1.82) is 5.26 Å². The third-order valence-corrected chi connectivity index (χ3v) is 6.42. The van der Waals surface area contributed by atoms with Crippen molar-refractivity contribution in [1.82, 2.24) is 14.5 Å². The maximum Gasteiger partial charge on any atom is 0.253 e. The van der Waals surface area contributed by atoms with Crippen LogP contribution >= 0.6 is 0 Å². The first kappa shape index (κ1) is 21.7. The van der Waals surface area contributed by atoms with Crippen molar-refractivity contribution in [2.24, 2.45) is 0 Å². The fourth-order valence-corrected chi connectivity index (χ4v) is 4.26.